The number of nitrogens with zero attached hydrogens (tertiary/aromatic N) is 4. The van der Waals surface area contributed by atoms with Crippen LogP contribution in [0.25, 0.3) is 88.8 Å². The molecule has 9 rings (SSSR count). The van der Waals surface area contributed by atoms with Crippen molar-refractivity contribution in [2.24, 2.45) is 0 Å². The largest absolute Gasteiger partial charge is 0.456 e. The molecule has 0 spiro atoms. The zero-order chi connectivity index (χ0) is 29.7. The van der Waals surface area contributed by atoms with Crippen molar-refractivity contribution >= 4 is 43.5 Å². The van der Waals surface area contributed by atoms with Gasteiger partial charge in [0.25, 0.3) is 0 Å². The van der Waals surface area contributed by atoms with Crippen molar-refractivity contribution in [1.29, 1.82) is 0 Å². The van der Waals surface area contributed by atoms with Crippen LogP contribution in [0.1, 0.15) is 0 Å². The van der Waals surface area contributed by atoms with E-state index in [1.807, 2.05) is 85.2 Å². The zero-order valence-corrected chi connectivity index (χ0v) is 24.1. The molecule has 0 radical (unpaired) electrons. The molecule has 0 saturated carbocycles. The molecule has 0 aliphatic heterocycles. The fourth-order valence-electron chi connectivity index (χ4n) is 6.30. The van der Waals surface area contributed by atoms with E-state index in [2.05, 4.69) is 65.6 Å². The van der Waals surface area contributed by atoms with E-state index in [0.717, 1.165) is 71.3 Å². The second-order valence-electron chi connectivity index (χ2n) is 11.1. The maximum absolute atomic E-state index is 6.39. The molecule has 3 aromatic heterocycles. The highest BCUT2D eigenvalue weighted by atomic mass is 16.3. The third-order valence-corrected chi connectivity index (χ3v) is 8.41. The van der Waals surface area contributed by atoms with Gasteiger partial charge in [-0.3, -0.25) is 4.98 Å². The number of hydrogen-bond acceptors (Lipinski definition) is 5. The average molecular weight is 577 g/mol. The van der Waals surface area contributed by atoms with Gasteiger partial charge < -0.3 is 4.42 Å². The van der Waals surface area contributed by atoms with Crippen molar-refractivity contribution in [3.8, 4) is 45.3 Å². The van der Waals surface area contributed by atoms with Crippen molar-refractivity contribution in [2.75, 3.05) is 0 Å². The Morgan fingerprint density at radius 2 is 1.04 bits per heavy atom. The molecule has 0 bridgehead atoms. The van der Waals surface area contributed by atoms with Gasteiger partial charge in [0, 0.05) is 45.2 Å². The molecule has 0 aliphatic rings. The summed E-state index contributed by atoms with van der Waals surface area (Å²) in [7, 11) is 0. The van der Waals surface area contributed by atoms with Gasteiger partial charge in [0.1, 0.15) is 11.2 Å². The van der Waals surface area contributed by atoms with E-state index in [4.69, 9.17) is 19.4 Å². The molecule has 0 amide bonds. The Bertz CT molecular complexity index is 2480. The van der Waals surface area contributed by atoms with Gasteiger partial charge in [-0.1, -0.05) is 109 Å². The van der Waals surface area contributed by atoms with Crippen LogP contribution in [0, 0.1) is 0 Å². The van der Waals surface area contributed by atoms with E-state index in [1.165, 1.54) is 0 Å². The first kappa shape index (κ1) is 25.3. The molecule has 9 aromatic rings. The minimum atomic E-state index is 0.636. The minimum Gasteiger partial charge on any atom is -0.456 e. The summed E-state index contributed by atoms with van der Waals surface area (Å²) in [5.74, 6) is 1.92. The number of pyridine rings is 1. The molecule has 3 heterocycles. The highest BCUT2D eigenvalue weighted by molar-refractivity contribution is 6.18. The van der Waals surface area contributed by atoms with E-state index in [9.17, 15) is 0 Å². The van der Waals surface area contributed by atoms with Crippen LogP contribution in [0.3, 0.4) is 0 Å². The molecule has 0 saturated heterocycles. The third-order valence-electron chi connectivity index (χ3n) is 8.41. The number of hydrogen-bond donors (Lipinski definition) is 0. The Morgan fingerprint density at radius 1 is 0.422 bits per heavy atom. The number of rotatable bonds is 4. The second-order valence-corrected chi connectivity index (χ2v) is 11.1. The lowest BCUT2D eigenvalue weighted by atomic mass is 9.92. The van der Waals surface area contributed by atoms with Gasteiger partial charge >= 0.3 is 0 Å². The van der Waals surface area contributed by atoms with Crippen LogP contribution in [-0.4, -0.2) is 19.9 Å². The third kappa shape index (κ3) is 4.25. The van der Waals surface area contributed by atoms with Crippen LogP contribution in [0.15, 0.2) is 150 Å². The molecule has 6 aromatic carbocycles. The minimum absolute atomic E-state index is 0.636. The maximum atomic E-state index is 6.39. The predicted octanol–water partition coefficient (Wildman–Crippen LogP) is 10.1. The van der Waals surface area contributed by atoms with E-state index in [0.29, 0.717) is 17.5 Å². The fourth-order valence-corrected chi connectivity index (χ4v) is 6.30. The van der Waals surface area contributed by atoms with Gasteiger partial charge in [-0.15, -0.1) is 0 Å². The summed E-state index contributed by atoms with van der Waals surface area (Å²) in [6.45, 7) is 0. The number of benzene rings is 6. The van der Waals surface area contributed by atoms with E-state index < -0.39 is 0 Å². The van der Waals surface area contributed by atoms with Gasteiger partial charge in [-0.05, 0) is 51.6 Å². The Balaban J connectivity index is 1.28. The topological polar surface area (TPSA) is 64.7 Å². The molecule has 5 nitrogen and oxygen atoms in total. The lowest BCUT2D eigenvalue weighted by Gasteiger charge is -2.13. The summed E-state index contributed by atoms with van der Waals surface area (Å²) in [4.78, 5) is 19.3. The first-order valence-corrected chi connectivity index (χ1v) is 14.9. The lowest BCUT2D eigenvalue weighted by molar-refractivity contribution is 0.669. The second kappa shape index (κ2) is 10.2. The Kier molecular flexibility index (Phi) is 5.74. The van der Waals surface area contributed by atoms with Crippen LogP contribution in [-0.2, 0) is 0 Å². The zero-order valence-electron chi connectivity index (χ0n) is 24.1. The molecular weight excluding hydrogens is 552 g/mol. The fraction of sp³-hybridized carbons (Fsp3) is 0. The molecule has 45 heavy (non-hydrogen) atoms. The first-order chi connectivity index (χ1) is 22.3. The first-order valence-electron chi connectivity index (χ1n) is 14.9. The van der Waals surface area contributed by atoms with E-state index in [-0.39, 0.29) is 0 Å². The highest BCUT2D eigenvalue weighted by Crippen LogP contribution is 2.41. The van der Waals surface area contributed by atoms with Crippen LogP contribution in [0.2, 0.25) is 0 Å². The van der Waals surface area contributed by atoms with Crippen molar-refractivity contribution in [3.05, 3.63) is 146 Å². The van der Waals surface area contributed by atoms with Gasteiger partial charge in [0.05, 0.1) is 0 Å². The van der Waals surface area contributed by atoms with E-state index in [1.54, 1.807) is 0 Å². The molecule has 5 heteroatoms. The van der Waals surface area contributed by atoms with Crippen LogP contribution >= 0.6 is 0 Å². The van der Waals surface area contributed by atoms with Crippen molar-refractivity contribution in [3.63, 3.8) is 0 Å². The molecular formula is C40H24N4O. The van der Waals surface area contributed by atoms with Gasteiger partial charge in [0.15, 0.2) is 17.5 Å². The summed E-state index contributed by atoms with van der Waals surface area (Å²) >= 11 is 0. The molecule has 0 atom stereocenters. The quantitative estimate of drug-likeness (QED) is 0.209. The summed E-state index contributed by atoms with van der Waals surface area (Å²) in [6.07, 6.45) is 3.72. The molecule has 0 aliphatic carbocycles. The van der Waals surface area contributed by atoms with Crippen LogP contribution in [0.4, 0.5) is 0 Å². The van der Waals surface area contributed by atoms with Gasteiger partial charge in [-0.25, -0.2) is 15.0 Å². The number of fused-ring (bicyclic) bond motifs is 5. The monoisotopic (exact) mass is 576 g/mol. The highest BCUT2D eigenvalue weighted by Gasteiger charge is 2.18. The number of aromatic nitrogens is 4. The number of furan rings is 1. The van der Waals surface area contributed by atoms with Crippen molar-refractivity contribution in [1.82, 2.24) is 19.9 Å². The standard InChI is InChI=1S/C40H24N4O/c1-3-10-25(11-4-1)38-42-39(26-12-5-2-6-13-26)44-40(43-38)33-18-8-14-29-30(15-7-16-31(29)33)32-17-9-19-35-37(32)34-22-28-24-41-21-20-27(28)23-36(34)45-35/h1-24H. The summed E-state index contributed by atoms with van der Waals surface area (Å²) in [5.41, 5.74) is 6.80. The smallest absolute Gasteiger partial charge is 0.164 e. The molecule has 0 fully saturated rings. The average Bonchev–Trinajstić information content (AvgIpc) is 3.48. The Labute approximate surface area is 258 Å². The van der Waals surface area contributed by atoms with Crippen LogP contribution in [0.5, 0.6) is 0 Å². The molecule has 0 N–H and O–H groups in total. The molecule has 210 valence electrons. The Morgan fingerprint density at radius 3 is 1.78 bits per heavy atom. The SMILES string of the molecule is c1ccc(-c2nc(-c3ccccc3)nc(-c3cccc4c(-c5cccc6oc7cc8ccncc8cc7c56)cccc34)n2)cc1. The summed E-state index contributed by atoms with van der Waals surface area (Å²) in [6, 6.07) is 45.5. The van der Waals surface area contributed by atoms with Gasteiger partial charge in [0.2, 0.25) is 0 Å². The molecule has 0 unspecified atom stereocenters. The Hall–Kier alpha value is -6.20. The lowest BCUT2D eigenvalue weighted by Crippen LogP contribution is -2.00. The van der Waals surface area contributed by atoms with Crippen molar-refractivity contribution < 1.29 is 4.42 Å². The summed E-state index contributed by atoms with van der Waals surface area (Å²) in [5, 5.41) is 6.54. The summed E-state index contributed by atoms with van der Waals surface area (Å²) < 4.78 is 6.39. The van der Waals surface area contributed by atoms with Crippen molar-refractivity contribution in [2.45, 2.75) is 0 Å². The maximum Gasteiger partial charge on any atom is 0.164 e. The predicted molar refractivity (Wildman–Crippen MR) is 182 cm³/mol. The normalized spacial score (nSPS) is 11.6. The van der Waals surface area contributed by atoms with E-state index >= 15 is 0 Å². The van der Waals surface area contributed by atoms with Crippen LogP contribution < -0.4 is 0 Å². The van der Waals surface area contributed by atoms with Gasteiger partial charge in [-0.2, -0.15) is 0 Å².